The molecular weight excluding hydrogens is 633 g/mol. The van der Waals surface area contributed by atoms with Gasteiger partial charge in [-0.05, 0) is 77.2 Å². The third-order valence-electron chi connectivity index (χ3n) is 10.8. The zero-order valence-corrected chi connectivity index (χ0v) is 28.4. The van der Waals surface area contributed by atoms with E-state index in [0.29, 0.717) is 5.95 Å². The van der Waals surface area contributed by atoms with Gasteiger partial charge in [-0.2, -0.15) is 0 Å². The van der Waals surface area contributed by atoms with Crippen LogP contribution in [0.5, 0.6) is 0 Å². The lowest BCUT2D eigenvalue weighted by molar-refractivity contribution is 0.852. The van der Waals surface area contributed by atoms with Gasteiger partial charge in [-0.25, -0.2) is 9.97 Å². The molecule has 3 heterocycles. The number of rotatable bonds is 4. The molecule has 0 amide bonds. The molecule has 0 bridgehead atoms. The second-order valence-electron chi connectivity index (χ2n) is 13.7. The fraction of sp³-hybridized carbons (Fsp3) is 0.0417. The van der Waals surface area contributed by atoms with Crippen molar-refractivity contribution in [3.63, 3.8) is 0 Å². The van der Waals surface area contributed by atoms with Gasteiger partial charge in [0.15, 0.2) is 0 Å². The molecule has 0 fully saturated rings. The number of benzene rings is 7. The first kappa shape index (κ1) is 29.0. The van der Waals surface area contributed by atoms with E-state index < -0.39 is 0 Å². The average Bonchev–Trinajstić information content (AvgIpc) is 3.74. The van der Waals surface area contributed by atoms with Gasteiger partial charge in [-0.3, -0.25) is 4.57 Å². The molecule has 0 atom stereocenters. The molecule has 11 rings (SSSR count). The summed E-state index contributed by atoms with van der Waals surface area (Å²) < 4.78 is 4.70. The van der Waals surface area contributed by atoms with Crippen molar-refractivity contribution in [3.8, 4) is 34.0 Å². The Morgan fingerprint density at radius 1 is 0.481 bits per heavy atom. The third kappa shape index (κ3) is 4.34. The Morgan fingerprint density at radius 3 is 2.06 bits per heavy atom. The predicted molar refractivity (Wildman–Crippen MR) is 216 cm³/mol. The summed E-state index contributed by atoms with van der Waals surface area (Å²) in [5, 5.41) is 7.24. The second-order valence-corrected chi connectivity index (χ2v) is 13.7. The summed E-state index contributed by atoms with van der Waals surface area (Å²) in [6, 6.07) is 56.5. The van der Waals surface area contributed by atoms with Crippen LogP contribution in [0.4, 0.5) is 0 Å². The normalized spacial score (nSPS) is 12.8. The van der Waals surface area contributed by atoms with Gasteiger partial charge in [0.1, 0.15) is 0 Å². The largest absolute Gasteiger partial charge is 0.309 e. The molecule has 0 spiro atoms. The average molecular weight is 665 g/mol. The number of para-hydroxylation sites is 2. The molecular formula is C48H32N4. The molecule has 4 nitrogen and oxygen atoms in total. The zero-order chi connectivity index (χ0) is 34.2. The summed E-state index contributed by atoms with van der Waals surface area (Å²) >= 11 is 0. The highest BCUT2D eigenvalue weighted by molar-refractivity contribution is 6.13. The molecule has 52 heavy (non-hydrogen) atoms. The van der Waals surface area contributed by atoms with E-state index in [4.69, 9.17) is 9.97 Å². The molecule has 0 radical (unpaired) electrons. The molecule has 4 heteroatoms. The summed E-state index contributed by atoms with van der Waals surface area (Å²) in [7, 11) is 0. The molecule has 0 N–H and O–H groups in total. The van der Waals surface area contributed by atoms with Crippen LogP contribution in [-0.4, -0.2) is 19.1 Å². The fourth-order valence-electron chi connectivity index (χ4n) is 8.43. The maximum atomic E-state index is 5.46. The summed E-state index contributed by atoms with van der Waals surface area (Å²) in [4.78, 5) is 10.7. The Morgan fingerprint density at radius 2 is 1.17 bits per heavy atom. The van der Waals surface area contributed by atoms with Crippen LogP contribution in [0, 0.1) is 0 Å². The van der Waals surface area contributed by atoms with Crippen molar-refractivity contribution < 1.29 is 0 Å². The van der Waals surface area contributed by atoms with Crippen molar-refractivity contribution in [2.75, 3.05) is 0 Å². The first-order valence-corrected chi connectivity index (χ1v) is 18.0. The van der Waals surface area contributed by atoms with Crippen LogP contribution >= 0.6 is 0 Å². The van der Waals surface area contributed by atoms with Crippen LogP contribution in [0.2, 0.25) is 0 Å². The van der Waals surface area contributed by atoms with Crippen molar-refractivity contribution >= 4 is 60.5 Å². The van der Waals surface area contributed by atoms with Crippen LogP contribution in [0.3, 0.4) is 0 Å². The van der Waals surface area contributed by atoms with Crippen molar-refractivity contribution in [2.24, 2.45) is 0 Å². The maximum Gasteiger partial charge on any atom is 0.235 e. The minimum atomic E-state index is 0.714. The lowest BCUT2D eigenvalue weighted by Crippen LogP contribution is -2.08. The summed E-state index contributed by atoms with van der Waals surface area (Å²) in [6.07, 6.45) is 6.53. The van der Waals surface area contributed by atoms with E-state index in [2.05, 4.69) is 179 Å². The minimum Gasteiger partial charge on any atom is -0.309 e. The lowest BCUT2D eigenvalue weighted by Gasteiger charge is -2.15. The van der Waals surface area contributed by atoms with Gasteiger partial charge in [0.2, 0.25) is 5.95 Å². The van der Waals surface area contributed by atoms with Gasteiger partial charge in [0, 0.05) is 44.1 Å². The Hall–Kier alpha value is -6.78. The molecule has 0 saturated carbocycles. The van der Waals surface area contributed by atoms with Crippen LogP contribution in [0.15, 0.2) is 164 Å². The number of hydrogen-bond acceptors (Lipinski definition) is 2. The summed E-state index contributed by atoms with van der Waals surface area (Å²) in [5.41, 5.74) is 12.6. The highest BCUT2D eigenvalue weighted by Crippen LogP contribution is 2.40. The van der Waals surface area contributed by atoms with Gasteiger partial charge in [-0.1, -0.05) is 127 Å². The van der Waals surface area contributed by atoms with Crippen molar-refractivity contribution in [1.29, 1.82) is 0 Å². The molecule has 0 aliphatic heterocycles. The number of nitrogens with zero attached hydrogens (tertiary/aromatic N) is 4. The highest BCUT2D eigenvalue weighted by Gasteiger charge is 2.23. The van der Waals surface area contributed by atoms with E-state index in [1.807, 2.05) is 0 Å². The van der Waals surface area contributed by atoms with E-state index in [1.54, 1.807) is 0 Å². The second kappa shape index (κ2) is 11.4. The molecule has 7 aromatic carbocycles. The monoisotopic (exact) mass is 664 g/mol. The number of fused-ring (bicyclic) bond motifs is 9. The van der Waals surface area contributed by atoms with Crippen molar-refractivity contribution in [3.05, 3.63) is 175 Å². The molecule has 1 aliphatic rings. The highest BCUT2D eigenvalue weighted by atomic mass is 15.2. The van der Waals surface area contributed by atoms with Crippen LogP contribution < -0.4 is 0 Å². The SMILES string of the molecule is C1=Cc2c(n(-c3nc(-c4ccc5c(c4)c4ccccc4n5-c4ccc(-c5ccccc5)cc4)c4ccccc4n3)c3ccc4ccccc4c23)CC1. The minimum absolute atomic E-state index is 0.714. The van der Waals surface area contributed by atoms with E-state index in [1.165, 1.54) is 60.3 Å². The van der Waals surface area contributed by atoms with Gasteiger partial charge < -0.3 is 4.57 Å². The Kier molecular flexibility index (Phi) is 6.34. The number of allylic oxidation sites excluding steroid dienone is 1. The number of aromatic nitrogens is 4. The van der Waals surface area contributed by atoms with Gasteiger partial charge in [0.05, 0.1) is 27.8 Å². The van der Waals surface area contributed by atoms with E-state index in [9.17, 15) is 0 Å². The lowest BCUT2D eigenvalue weighted by atomic mass is 9.98. The quantitative estimate of drug-likeness (QED) is 0.188. The molecule has 3 aromatic heterocycles. The van der Waals surface area contributed by atoms with Crippen molar-refractivity contribution in [2.45, 2.75) is 12.8 Å². The van der Waals surface area contributed by atoms with Gasteiger partial charge >= 0.3 is 0 Å². The van der Waals surface area contributed by atoms with Gasteiger partial charge in [-0.15, -0.1) is 0 Å². The molecule has 0 unspecified atom stereocenters. The number of hydrogen-bond donors (Lipinski definition) is 0. The topological polar surface area (TPSA) is 35.6 Å². The Labute approximate surface area is 300 Å². The standard InChI is InChI=1S/C48H32N4/c1-2-12-31(13-3-1)32-22-26-35(27-23-32)51-42-20-10-7-16-37(42)40-30-34(25-28-44(40)51)47-38-17-6-9-19-41(38)49-48(50-47)52-43-21-11-8-18-39(43)46-36-15-5-4-14-33(36)24-29-45(46)52/h1-10,12-20,22-30H,11,21H2. The van der Waals surface area contributed by atoms with Crippen LogP contribution in [0.1, 0.15) is 17.7 Å². The Balaban J connectivity index is 1.12. The maximum absolute atomic E-state index is 5.46. The molecule has 1 aliphatic carbocycles. The molecule has 10 aromatic rings. The van der Waals surface area contributed by atoms with E-state index in [-0.39, 0.29) is 0 Å². The van der Waals surface area contributed by atoms with E-state index >= 15 is 0 Å². The smallest absolute Gasteiger partial charge is 0.235 e. The zero-order valence-electron chi connectivity index (χ0n) is 28.4. The molecule has 0 saturated heterocycles. The predicted octanol–water partition coefficient (Wildman–Crippen LogP) is 12.1. The van der Waals surface area contributed by atoms with Crippen LogP contribution in [0.25, 0.3) is 94.5 Å². The third-order valence-corrected chi connectivity index (χ3v) is 10.8. The van der Waals surface area contributed by atoms with Crippen LogP contribution in [-0.2, 0) is 6.42 Å². The van der Waals surface area contributed by atoms with Crippen molar-refractivity contribution in [1.82, 2.24) is 19.1 Å². The summed E-state index contributed by atoms with van der Waals surface area (Å²) in [5.74, 6) is 0.714. The van der Waals surface area contributed by atoms with Gasteiger partial charge in [0.25, 0.3) is 0 Å². The fourth-order valence-corrected chi connectivity index (χ4v) is 8.43. The first-order valence-electron chi connectivity index (χ1n) is 18.0. The summed E-state index contributed by atoms with van der Waals surface area (Å²) in [6.45, 7) is 0. The first-order chi connectivity index (χ1) is 25.8. The van der Waals surface area contributed by atoms with E-state index in [0.717, 1.165) is 46.2 Å². The molecule has 244 valence electrons. The Bertz CT molecular complexity index is 3050.